The van der Waals surface area contributed by atoms with Crippen LogP contribution in [0.2, 0.25) is 12.6 Å². The lowest BCUT2D eigenvalue weighted by atomic mass is 9.37. The minimum absolute atomic E-state index is 0.0328. The van der Waals surface area contributed by atoms with Gasteiger partial charge >= 0.3 is 6.55 Å². The fraction of sp³-hybridized carbons (Fsp3) is 0.421. The van der Waals surface area contributed by atoms with Crippen molar-refractivity contribution in [1.29, 1.82) is 5.26 Å². The highest BCUT2D eigenvalue weighted by Crippen LogP contribution is 2.30. The van der Waals surface area contributed by atoms with Gasteiger partial charge in [0.1, 0.15) is 11.4 Å². The second-order valence-corrected chi connectivity index (χ2v) is 7.18. The Balaban J connectivity index is 0.000000391. The van der Waals surface area contributed by atoms with Crippen LogP contribution in [0.25, 0.3) is 5.65 Å². The first kappa shape index (κ1) is 22.2. The number of carbonyl (C=O) groups is 1. The Morgan fingerprint density at radius 1 is 1.48 bits per heavy atom. The molecule has 2 aliphatic rings. The summed E-state index contributed by atoms with van der Waals surface area (Å²) in [6, 6.07) is 0. The van der Waals surface area contributed by atoms with Crippen molar-refractivity contribution in [2.75, 3.05) is 12.4 Å². The van der Waals surface area contributed by atoms with E-state index in [2.05, 4.69) is 26.2 Å². The zero-order chi connectivity index (χ0) is 22.4. The molecule has 12 heteroatoms. The summed E-state index contributed by atoms with van der Waals surface area (Å²) in [7, 11) is 1.29. The van der Waals surface area contributed by atoms with Crippen molar-refractivity contribution in [3.8, 4) is 5.97 Å². The highest BCUT2D eigenvalue weighted by Gasteiger charge is 2.30. The van der Waals surface area contributed by atoms with E-state index in [-0.39, 0.29) is 29.0 Å². The highest BCUT2D eigenvalue weighted by molar-refractivity contribution is 6.69. The molecule has 4 rings (SSSR count). The first-order valence-electron chi connectivity index (χ1n) is 9.83. The number of aliphatic imine (C=N–C) groups is 1. The van der Waals surface area contributed by atoms with Crippen molar-refractivity contribution >= 4 is 29.8 Å². The number of rotatable bonds is 6. The van der Waals surface area contributed by atoms with Crippen LogP contribution < -0.4 is 11.1 Å². The van der Waals surface area contributed by atoms with E-state index >= 15 is 0 Å². The number of halogens is 2. The second kappa shape index (κ2) is 10.0. The molecule has 0 unspecified atom stereocenters. The number of nitriles is 1. The van der Waals surface area contributed by atoms with Crippen LogP contribution in [0.5, 0.6) is 0 Å². The van der Waals surface area contributed by atoms with Gasteiger partial charge in [-0.15, -0.1) is 0 Å². The predicted octanol–water partition coefficient (Wildman–Crippen LogP) is 2.48. The SMILES string of the molecule is COC(=C/N)/C(=N/C(F)F)c1cn2cc(NC(=O)C3CC3)nc2cn1.N#CB1CCC1. The molecule has 3 heterocycles. The van der Waals surface area contributed by atoms with E-state index in [0.29, 0.717) is 18.2 Å². The van der Waals surface area contributed by atoms with Crippen LogP contribution >= 0.6 is 0 Å². The molecule has 1 amide bonds. The van der Waals surface area contributed by atoms with E-state index in [1.807, 2.05) is 0 Å². The van der Waals surface area contributed by atoms with Crippen molar-refractivity contribution < 1.29 is 18.3 Å². The number of nitrogens with zero attached hydrogens (tertiary/aromatic N) is 5. The third-order valence-electron chi connectivity index (χ3n) is 4.90. The largest absolute Gasteiger partial charge is 0.493 e. The van der Waals surface area contributed by atoms with E-state index in [0.717, 1.165) is 31.7 Å². The highest BCUT2D eigenvalue weighted by atomic mass is 19.3. The minimum Gasteiger partial charge on any atom is -0.493 e. The minimum atomic E-state index is -2.95. The number of nitrogens with two attached hydrogens (primary N) is 1. The van der Waals surface area contributed by atoms with Crippen LogP contribution in [0.1, 0.15) is 25.0 Å². The number of carbonyl (C=O) groups excluding carboxylic acids is 1. The molecule has 162 valence electrons. The lowest BCUT2D eigenvalue weighted by Gasteiger charge is -2.11. The average Bonchev–Trinajstić information content (AvgIpc) is 3.48. The smallest absolute Gasteiger partial charge is 0.332 e. The molecule has 1 aliphatic heterocycles. The molecule has 1 saturated heterocycles. The van der Waals surface area contributed by atoms with Crippen LogP contribution in [-0.2, 0) is 9.53 Å². The van der Waals surface area contributed by atoms with Gasteiger partial charge in [-0.2, -0.15) is 8.78 Å². The van der Waals surface area contributed by atoms with Crippen molar-refractivity contribution in [3.63, 3.8) is 0 Å². The summed E-state index contributed by atoms with van der Waals surface area (Å²) < 4.78 is 32.0. The average molecular weight is 429 g/mol. The monoisotopic (exact) mass is 429 g/mol. The summed E-state index contributed by atoms with van der Waals surface area (Å²) in [5.41, 5.74) is 5.79. The molecule has 0 atom stereocenters. The van der Waals surface area contributed by atoms with Gasteiger partial charge in [0.2, 0.25) is 5.91 Å². The van der Waals surface area contributed by atoms with Crippen LogP contribution in [0, 0.1) is 17.1 Å². The summed E-state index contributed by atoms with van der Waals surface area (Å²) in [6.45, 7) is -2.53. The van der Waals surface area contributed by atoms with Crippen LogP contribution in [0.15, 0.2) is 35.5 Å². The summed E-state index contributed by atoms with van der Waals surface area (Å²) in [5, 5.41) is 10.9. The van der Waals surface area contributed by atoms with Gasteiger partial charge in [0.25, 0.3) is 6.71 Å². The fourth-order valence-corrected chi connectivity index (χ4v) is 2.79. The Bertz CT molecular complexity index is 1040. The third-order valence-corrected chi connectivity index (χ3v) is 4.90. The van der Waals surface area contributed by atoms with Crippen molar-refractivity contribution in [1.82, 2.24) is 14.4 Å². The number of amides is 1. The van der Waals surface area contributed by atoms with Gasteiger partial charge < -0.3 is 20.2 Å². The Morgan fingerprint density at radius 2 is 2.23 bits per heavy atom. The molecule has 1 saturated carbocycles. The quantitative estimate of drug-likeness (QED) is 0.314. The number of fused-ring (bicyclic) bond motifs is 1. The number of ether oxygens (including phenoxy) is 1. The van der Waals surface area contributed by atoms with Gasteiger partial charge in [-0.05, 0) is 12.8 Å². The molecular formula is C19H22BF2N7O2. The number of hydrogen-bond acceptors (Lipinski definition) is 7. The molecule has 0 radical (unpaired) electrons. The molecular weight excluding hydrogens is 407 g/mol. The molecule has 2 aromatic rings. The maximum Gasteiger partial charge on any atom is 0.332 e. The van der Waals surface area contributed by atoms with E-state index < -0.39 is 6.55 Å². The van der Waals surface area contributed by atoms with Gasteiger partial charge in [-0.3, -0.25) is 4.79 Å². The maximum absolute atomic E-state index is 12.7. The molecule has 0 spiro atoms. The number of anilines is 1. The summed E-state index contributed by atoms with van der Waals surface area (Å²) >= 11 is 0. The molecule has 3 N–H and O–H groups in total. The molecule has 0 bridgehead atoms. The van der Waals surface area contributed by atoms with Gasteiger partial charge in [-0.1, -0.05) is 19.1 Å². The van der Waals surface area contributed by atoms with Gasteiger partial charge in [-0.25, -0.2) is 20.2 Å². The topological polar surface area (TPSA) is 131 Å². The van der Waals surface area contributed by atoms with Gasteiger partial charge in [0, 0.05) is 24.3 Å². The van der Waals surface area contributed by atoms with Crippen molar-refractivity contribution in [2.45, 2.75) is 38.5 Å². The van der Waals surface area contributed by atoms with E-state index in [1.54, 1.807) is 10.6 Å². The molecule has 9 nitrogen and oxygen atoms in total. The zero-order valence-electron chi connectivity index (χ0n) is 17.0. The summed E-state index contributed by atoms with van der Waals surface area (Å²) in [4.78, 5) is 23.3. The van der Waals surface area contributed by atoms with Crippen LogP contribution in [0.3, 0.4) is 0 Å². The Labute approximate surface area is 178 Å². The van der Waals surface area contributed by atoms with Gasteiger partial charge in [0.05, 0.1) is 19.5 Å². The number of aromatic nitrogens is 3. The maximum atomic E-state index is 12.7. The zero-order valence-corrected chi connectivity index (χ0v) is 17.0. The number of alkyl halides is 2. The number of methoxy groups -OCH3 is 1. The summed E-state index contributed by atoms with van der Waals surface area (Å²) in [6.07, 6.45) is 10.8. The first-order chi connectivity index (χ1) is 14.9. The van der Waals surface area contributed by atoms with Crippen molar-refractivity contribution in [2.24, 2.45) is 16.6 Å². The van der Waals surface area contributed by atoms with E-state index in [9.17, 15) is 13.6 Å². The normalized spacial score (nSPS) is 16.3. The van der Waals surface area contributed by atoms with Crippen LogP contribution in [0.4, 0.5) is 14.6 Å². The fourth-order valence-electron chi connectivity index (χ4n) is 2.79. The molecule has 2 fully saturated rings. The van der Waals surface area contributed by atoms with Crippen molar-refractivity contribution in [3.05, 3.63) is 36.2 Å². The third kappa shape index (κ3) is 5.78. The Hall–Kier alpha value is -3.49. The lowest BCUT2D eigenvalue weighted by Crippen LogP contribution is -2.18. The standard InChI is InChI=1S/C15H16F2N6O2.C4H6BN/c1-25-10(4-18)13(22-15(16)17)9-6-23-7-11(20-12(23)5-19-9)21-14(24)8-2-3-8;6-4-5-2-1-3-5/h4-8,15H,2-3,18H2,1H3,(H,21,24);1-3H2/b10-4+,22-13+;. The van der Waals surface area contributed by atoms with Gasteiger partial charge in [0.15, 0.2) is 17.2 Å². The lowest BCUT2D eigenvalue weighted by molar-refractivity contribution is -0.117. The number of allylic oxidation sites excluding steroid dienone is 1. The molecule has 31 heavy (non-hydrogen) atoms. The Morgan fingerprint density at radius 3 is 2.71 bits per heavy atom. The molecule has 0 aromatic carbocycles. The predicted molar refractivity (Wildman–Crippen MR) is 112 cm³/mol. The van der Waals surface area contributed by atoms with Crippen LogP contribution in [-0.4, -0.2) is 46.4 Å². The number of imidazole rings is 1. The number of hydrogen-bond donors (Lipinski definition) is 2. The second-order valence-electron chi connectivity index (χ2n) is 7.18. The molecule has 2 aromatic heterocycles. The van der Waals surface area contributed by atoms with E-state index in [4.69, 9.17) is 15.7 Å². The molecule has 1 aliphatic carbocycles. The summed E-state index contributed by atoms with van der Waals surface area (Å²) in [5.74, 6) is 2.50. The number of nitrogens with one attached hydrogen (secondary N) is 1. The van der Waals surface area contributed by atoms with E-state index in [1.165, 1.54) is 25.9 Å². The Kier molecular flexibility index (Phi) is 7.17. The first-order valence-corrected chi connectivity index (χ1v) is 9.83.